The Balaban J connectivity index is 2.54. The number of hydrogen-bond donors (Lipinski definition) is 0. The van der Waals surface area contributed by atoms with Crippen LogP contribution in [0.15, 0.2) is 36.4 Å². The summed E-state index contributed by atoms with van der Waals surface area (Å²) < 4.78 is 9.95. The van der Waals surface area contributed by atoms with Crippen LogP contribution < -0.4 is 0 Å². The molecule has 0 N–H and O–H groups in total. The summed E-state index contributed by atoms with van der Waals surface area (Å²) in [5.74, 6) is 0.0661. The average molecular weight is 207 g/mol. The molecular formula is C11H13NO3. The zero-order valence-electron chi connectivity index (χ0n) is 8.77. The van der Waals surface area contributed by atoms with Gasteiger partial charge < -0.3 is 9.47 Å². The van der Waals surface area contributed by atoms with Crippen LogP contribution in [0.3, 0.4) is 0 Å². The number of allylic oxidation sites excluding steroid dienone is 1. The lowest BCUT2D eigenvalue weighted by Gasteiger charge is -2.02. The third kappa shape index (κ3) is 3.81. The normalized spacial score (nSPS) is 10.9. The van der Waals surface area contributed by atoms with E-state index in [1.807, 2.05) is 6.92 Å². The number of rotatable bonds is 4. The maximum Gasteiger partial charge on any atom is 0.361 e. The largest absolute Gasteiger partial charge is 0.495 e. The molecule has 1 aromatic rings. The Morgan fingerprint density at radius 3 is 2.93 bits per heavy atom. The van der Waals surface area contributed by atoms with Crippen LogP contribution in [0.1, 0.15) is 24.3 Å². The second kappa shape index (κ2) is 5.80. The zero-order valence-corrected chi connectivity index (χ0v) is 8.77. The highest BCUT2D eigenvalue weighted by Crippen LogP contribution is 2.00. The number of carbonyl (C=O) groups excluding carboxylic acids is 1. The molecule has 1 rings (SSSR count). The Labute approximate surface area is 88.5 Å². The van der Waals surface area contributed by atoms with E-state index in [0.717, 1.165) is 0 Å². The van der Waals surface area contributed by atoms with Crippen LogP contribution >= 0.6 is 0 Å². The molecule has 1 heterocycles. The monoisotopic (exact) mass is 207 g/mol. The molecule has 4 heteroatoms. The van der Waals surface area contributed by atoms with E-state index in [0.29, 0.717) is 12.4 Å². The fourth-order valence-corrected chi connectivity index (χ4v) is 0.942. The second-order valence-electron chi connectivity index (χ2n) is 2.78. The van der Waals surface area contributed by atoms with Gasteiger partial charge in [-0.05, 0) is 26.0 Å². The van der Waals surface area contributed by atoms with E-state index in [1.165, 1.54) is 12.5 Å². The molecule has 0 bridgehead atoms. The number of carbonyl (C=O) groups is 1. The van der Waals surface area contributed by atoms with Crippen molar-refractivity contribution in [3.63, 3.8) is 0 Å². The van der Waals surface area contributed by atoms with Crippen LogP contribution in [0.25, 0.3) is 0 Å². The van der Waals surface area contributed by atoms with E-state index < -0.39 is 5.97 Å². The summed E-state index contributed by atoms with van der Waals surface area (Å²) in [7, 11) is 0. The van der Waals surface area contributed by atoms with Gasteiger partial charge in [-0.25, -0.2) is 9.78 Å². The third-order valence-corrected chi connectivity index (χ3v) is 1.58. The van der Waals surface area contributed by atoms with Crippen LogP contribution in [0.5, 0.6) is 0 Å². The van der Waals surface area contributed by atoms with Crippen molar-refractivity contribution < 1.29 is 14.3 Å². The zero-order chi connectivity index (χ0) is 11.1. The van der Waals surface area contributed by atoms with Gasteiger partial charge >= 0.3 is 5.97 Å². The first-order chi connectivity index (χ1) is 7.24. The topological polar surface area (TPSA) is 48.4 Å². The van der Waals surface area contributed by atoms with Gasteiger partial charge in [0.15, 0.2) is 0 Å². The van der Waals surface area contributed by atoms with Crippen LogP contribution in [-0.2, 0) is 9.47 Å². The fraction of sp³-hybridized carbons (Fsp3) is 0.273. The van der Waals surface area contributed by atoms with Crippen molar-refractivity contribution in [1.29, 1.82) is 0 Å². The van der Waals surface area contributed by atoms with Gasteiger partial charge in [0.1, 0.15) is 17.7 Å². The number of hydrogen-bond acceptors (Lipinski definition) is 4. The Morgan fingerprint density at radius 1 is 1.53 bits per heavy atom. The minimum atomic E-state index is -0.491. The van der Waals surface area contributed by atoms with Gasteiger partial charge in [0.25, 0.3) is 0 Å². The molecule has 0 saturated carbocycles. The molecule has 0 fully saturated rings. The molecule has 0 aliphatic carbocycles. The predicted octanol–water partition coefficient (Wildman–Crippen LogP) is 2.14. The quantitative estimate of drug-likeness (QED) is 0.560. The highest BCUT2D eigenvalue weighted by atomic mass is 16.5. The molecule has 0 unspecified atom stereocenters. The molecule has 0 atom stereocenters. The summed E-state index contributed by atoms with van der Waals surface area (Å²) in [6, 6.07) is 5.05. The van der Waals surface area contributed by atoms with Gasteiger partial charge in [-0.1, -0.05) is 6.07 Å². The van der Waals surface area contributed by atoms with Crippen molar-refractivity contribution in [3.8, 4) is 0 Å². The van der Waals surface area contributed by atoms with Crippen LogP contribution in [0.4, 0.5) is 0 Å². The molecular weight excluding hydrogens is 194 g/mol. The molecule has 0 aliphatic rings. The Morgan fingerprint density at radius 2 is 2.33 bits per heavy atom. The number of pyridine rings is 1. The lowest BCUT2D eigenvalue weighted by Crippen LogP contribution is -2.03. The summed E-state index contributed by atoms with van der Waals surface area (Å²) in [4.78, 5) is 15.2. The number of aromatic nitrogens is 1. The van der Waals surface area contributed by atoms with Gasteiger partial charge in [0.05, 0.1) is 6.61 Å². The predicted molar refractivity (Wildman–Crippen MR) is 55.0 cm³/mol. The van der Waals surface area contributed by atoms with E-state index in [-0.39, 0.29) is 5.69 Å². The molecule has 0 radical (unpaired) electrons. The average Bonchev–Trinajstić information content (AvgIpc) is 2.27. The Hall–Kier alpha value is -1.84. The molecule has 0 aromatic carbocycles. The number of ether oxygens (including phenoxy) is 2. The number of nitrogens with zero attached hydrogens (tertiary/aromatic N) is 1. The molecule has 0 amide bonds. The molecule has 1 aromatic heterocycles. The summed E-state index contributed by atoms with van der Waals surface area (Å²) in [5.41, 5.74) is 0.276. The van der Waals surface area contributed by atoms with Gasteiger partial charge in [0, 0.05) is 6.20 Å². The van der Waals surface area contributed by atoms with Crippen molar-refractivity contribution in [3.05, 3.63) is 42.1 Å². The van der Waals surface area contributed by atoms with Crippen molar-refractivity contribution in [1.82, 2.24) is 4.98 Å². The Bertz CT molecular complexity index is 346. The lowest BCUT2D eigenvalue weighted by atomic mass is 10.4. The van der Waals surface area contributed by atoms with Crippen LogP contribution in [0, 0.1) is 0 Å². The third-order valence-electron chi connectivity index (χ3n) is 1.58. The summed E-state index contributed by atoms with van der Waals surface area (Å²) in [6.07, 6.45) is 2.82. The van der Waals surface area contributed by atoms with Gasteiger partial charge in [-0.2, -0.15) is 0 Å². The smallest absolute Gasteiger partial charge is 0.361 e. The van der Waals surface area contributed by atoms with Gasteiger partial charge in [-0.3, -0.25) is 0 Å². The maximum absolute atomic E-state index is 11.4. The van der Waals surface area contributed by atoms with Crippen LogP contribution in [-0.4, -0.2) is 17.6 Å². The molecule has 0 spiro atoms. The van der Waals surface area contributed by atoms with E-state index in [9.17, 15) is 4.79 Å². The van der Waals surface area contributed by atoms with Gasteiger partial charge in [-0.15, -0.1) is 0 Å². The van der Waals surface area contributed by atoms with Crippen molar-refractivity contribution in [2.75, 3.05) is 6.61 Å². The first-order valence-corrected chi connectivity index (χ1v) is 4.65. The summed E-state index contributed by atoms with van der Waals surface area (Å²) >= 11 is 0. The lowest BCUT2D eigenvalue weighted by molar-refractivity contribution is 0.0637. The minimum absolute atomic E-state index is 0.276. The standard InChI is InChI=1S/C11H13NO3/c1-3-14-9(2)8-15-11(13)10-6-4-5-7-12-10/h4-8H,3H2,1-2H3/b9-8+. The van der Waals surface area contributed by atoms with Crippen molar-refractivity contribution in [2.45, 2.75) is 13.8 Å². The van der Waals surface area contributed by atoms with Crippen molar-refractivity contribution in [2.24, 2.45) is 0 Å². The van der Waals surface area contributed by atoms with Gasteiger partial charge in [0.2, 0.25) is 0 Å². The van der Waals surface area contributed by atoms with Crippen LogP contribution in [0.2, 0.25) is 0 Å². The second-order valence-corrected chi connectivity index (χ2v) is 2.78. The SMILES string of the molecule is CCO/C(C)=C/OC(=O)c1ccccn1. The minimum Gasteiger partial charge on any atom is -0.495 e. The summed E-state index contributed by atoms with van der Waals surface area (Å²) in [5, 5.41) is 0. The fourth-order valence-electron chi connectivity index (χ4n) is 0.942. The molecule has 80 valence electrons. The molecule has 0 saturated heterocycles. The maximum atomic E-state index is 11.4. The highest BCUT2D eigenvalue weighted by molar-refractivity contribution is 5.87. The summed E-state index contributed by atoms with van der Waals surface area (Å²) in [6.45, 7) is 4.12. The molecule has 4 nitrogen and oxygen atoms in total. The first kappa shape index (κ1) is 11.2. The first-order valence-electron chi connectivity index (χ1n) is 4.65. The van der Waals surface area contributed by atoms with E-state index in [2.05, 4.69) is 4.98 Å². The van der Waals surface area contributed by atoms with E-state index in [1.54, 1.807) is 25.1 Å². The van der Waals surface area contributed by atoms with Crippen molar-refractivity contribution >= 4 is 5.97 Å². The Kier molecular flexibility index (Phi) is 4.34. The van der Waals surface area contributed by atoms with E-state index >= 15 is 0 Å². The van der Waals surface area contributed by atoms with E-state index in [4.69, 9.17) is 9.47 Å². The molecule has 15 heavy (non-hydrogen) atoms. The highest BCUT2D eigenvalue weighted by Gasteiger charge is 2.05. The number of esters is 1. The molecule has 0 aliphatic heterocycles.